The molecule has 26 heavy (non-hydrogen) atoms. The van der Waals surface area contributed by atoms with Crippen LogP contribution in [0.4, 0.5) is 13.2 Å². The second-order valence-corrected chi connectivity index (χ2v) is 7.32. The fourth-order valence-corrected chi connectivity index (χ4v) is 3.83. The average Bonchev–Trinajstić information content (AvgIpc) is 3.25. The van der Waals surface area contributed by atoms with Gasteiger partial charge in [0, 0.05) is 31.6 Å². The molecule has 0 radical (unpaired) electrons. The molecule has 0 amide bonds. The van der Waals surface area contributed by atoms with E-state index in [1.54, 1.807) is 0 Å². The second kappa shape index (κ2) is 9.55. The SMILES string of the molecule is CCNC(=NCc1nc(C(F)(F)F)cs1)N1CCC(CN(CC)CC)C1. The minimum atomic E-state index is -4.39. The van der Waals surface area contributed by atoms with Crippen LogP contribution in [-0.4, -0.2) is 60.0 Å². The summed E-state index contributed by atoms with van der Waals surface area (Å²) in [5.41, 5.74) is -0.835. The van der Waals surface area contributed by atoms with E-state index in [0.29, 0.717) is 10.9 Å². The predicted molar refractivity (Wildman–Crippen MR) is 99.4 cm³/mol. The van der Waals surface area contributed by atoms with Crippen LogP contribution in [0.1, 0.15) is 37.9 Å². The standard InChI is InChI=1S/C17H28F3N5S/c1-4-21-16(22-9-15-23-14(12-26-15)17(18,19)20)25-8-7-13(11-25)10-24(5-2)6-3/h12-13H,4-11H2,1-3H3,(H,21,22). The van der Waals surface area contributed by atoms with Gasteiger partial charge in [0.25, 0.3) is 0 Å². The lowest BCUT2D eigenvalue weighted by Gasteiger charge is -2.24. The van der Waals surface area contributed by atoms with Crippen molar-refractivity contribution in [3.63, 3.8) is 0 Å². The Balaban J connectivity index is 1.97. The molecule has 1 aliphatic rings. The number of guanidine groups is 1. The van der Waals surface area contributed by atoms with E-state index in [1.165, 1.54) is 0 Å². The van der Waals surface area contributed by atoms with E-state index < -0.39 is 11.9 Å². The smallest absolute Gasteiger partial charge is 0.357 e. The van der Waals surface area contributed by atoms with Gasteiger partial charge in [-0.2, -0.15) is 13.2 Å². The Bertz CT molecular complexity index is 583. The molecule has 0 bridgehead atoms. The van der Waals surface area contributed by atoms with Crippen molar-refractivity contribution in [2.45, 2.75) is 39.9 Å². The Labute approximate surface area is 157 Å². The first-order valence-electron chi connectivity index (χ1n) is 9.14. The molecule has 2 rings (SSSR count). The van der Waals surface area contributed by atoms with Gasteiger partial charge in [-0.15, -0.1) is 11.3 Å². The maximum Gasteiger partial charge on any atom is 0.434 e. The third-order valence-corrected chi connectivity index (χ3v) is 5.37. The summed E-state index contributed by atoms with van der Waals surface area (Å²) in [5, 5.41) is 4.68. The van der Waals surface area contributed by atoms with Crippen LogP contribution in [0.5, 0.6) is 0 Å². The molecule has 1 aromatic rings. The van der Waals surface area contributed by atoms with Gasteiger partial charge in [0.15, 0.2) is 11.7 Å². The normalized spacial score (nSPS) is 18.8. The lowest BCUT2D eigenvalue weighted by atomic mass is 10.1. The van der Waals surface area contributed by atoms with E-state index in [4.69, 9.17) is 0 Å². The van der Waals surface area contributed by atoms with E-state index in [-0.39, 0.29) is 6.54 Å². The van der Waals surface area contributed by atoms with E-state index in [0.717, 1.165) is 68.4 Å². The zero-order chi connectivity index (χ0) is 19.2. The molecule has 1 aliphatic heterocycles. The van der Waals surface area contributed by atoms with Crippen molar-refractivity contribution >= 4 is 17.3 Å². The molecule has 9 heteroatoms. The van der Waals surface area contributed by atoms with Crippen LogP contribution >= 0.6 is 11.3 Å². The predicted octanol–water partition coefficient (Wildman–Crippen LogP) is 3.29. The Morgan fingerprint density at radius 3 is 2.69 bits per heavy atom. The Morgan fingerprint density at radius 1 is 1.38 bits per heavy atom. The summed E-state index contributed by atoms with van der Waals surface area (Å²) in [6.45, 7) is 12.2. The first-order chi connectivity index (χ1) is 12.4. The molecule has 0 aliphatic carbocycles. The number of hydrogen-bond donors (Lipinski definition) is 1. The number of nitrogens with one attached hydrogen (secondary N) is 1. The molecule has 1 atom stereocenters. The van der Waals surface area contributed by atoms with Crippen LogP contribution in [0.25, 0.3) is 0 Å². The lowest BCUT2D eigenvalue weighted by molar-refractivity contribution is -0.140. The molecule has 1 N–H and O–H groups in total. The fourth-order valence-electron chi connectivity index (χ4n) is 3.10. The van der Waals surface area contributed by atoms with E-state index in [9.17, 15) is 13.2 Å². The number of nitrogens with zero attached hydrogens (tertiary/aromatic N) is 4. The van der Waals surface area contributed by atoms with E-state index >= 15 is 0 Å². The van der Waals surface area contributed by atoms with Gasteiger partial charge in [-0.3, -0.25) is 0 Å². The van der Waals surface area contributed by atoms with Crippen molar-refractivity contribution in [3.8, 4) is 0 Å². The van der Waals surface area contributed by atoms with Gasteiger partial charge in [0.2, 0.25) is 0 Å². The van der Waals surface area contributed by atoms with Gasteiger partial charge >= 0.3 is 6.18 Å². The molecule has 0 aromatic carbocycles. The Morgan fingerprint density at radius 2 is 2.12 bits per heavy atom. The molecule has 5 nitrogen and oxygen atoms in total. The summed E-state index contributed by atoms with van der Waals surface area (Å²) in [6, 6.07) is 0. The Kier molecular flexibility index (Phi) is 7.69. The number of likely N-dealkylation sites (tertiary alicyclic amines) is 1. The summed E-state index contributed by atoms with van der Waals surface area (Å²) in [6.07, 6.45) is -3.29. The maximum absolute atomic E-state index is 12.7. The third kappa shape index (κ3) is 5.84. The number of rotatable bonds is 7. The average molecular weight is 392 g/mol. The van der Waals surface area contributed by atoms with E-state index in [1.807, 2.05) is 6.92 Å². The largest absolute Gasteiger partial charge is 0.434 e. The molecular formula is C17H28F3N5S. The van der Waals surface area contributed by atoms with Crippen LogP contribution in [0.3, 0.4) is 0 Å². The highest BCUT2D eigenvalue weighted by atomic mass is 32.1. The molecule has 148 valence electrons. The number of aromatic nitrogens is 1. The number of aliphatic imine (C=N–C) groups is 1. The van der Waals surface area contributed by atoms with Gasteiger partial charge in [-0.25, -0.2) is 9.98 Å². The zero-order valence-electron chi connectivity index (χ0n) is 15.6. The van der Waals surface area contributed by atoms with Gasteiger partial charge in [-0.05, 0) is 32.4 Å². The molecule has 1 saturated heterocycles. The number of hydrogen-bond acceptors (Lipinski definition) is 4. The first kappa shape index (κ1) is 21.0. The van der Waals surface area contributed by atoms with Crippen molar-refractivity contribution < 1.29 is 13.2 Å². The molecule has 2 heterocycles. The number of alkyl halides is 3. The molecule has 1 fully saturated rings. The summed E-state index contributed by atoms with van der Waals surface area (Å²) in [7, 11) is 0. The van der Waals surface area contributed by atoms with Crippen LogP contribution in [-0.2, 0) is 12.7 Å². The van der Waals surface area contributed by atoms with E-state index in [2.05, 4.69) is 38.9 Å². The summed E-state index contributed by atoms with van der Waals surface area (Å²) in [4.78, 5) is 12.8. The summed E-state index contributed by atoms with van der Waals surface area (Å²) in [5.74, 6) is 1.36. The highest BCUT2D eigenvalue weighted by Crippen LogP contribution is 2.30. The molecular weight excluding hydrogens is 363 g/mol. The van der Waals surface area contributed by atoms with Gasteiger partial charge in [-0.1, -0.05) is 13.8 Å². The zero-order valence-corrected chi connectivity index (χ0v) is 16.5. The first-order valence-corrected chi connectivity index (χ1v) is 10.0. The van der Waals surface area contributed by atoms with Crippen LogP contribution in [0, 0.1) is 5.92 Å². The minimum Gasteiger partial charge on any atom is -0.357 e. The highest BCUT2D eigenvalue weighted by molar-refractivity contribution is 7.09. The van der Waals surface area contributed by atoms with Crippen LogP contribution < -0.4 is 5.32 Å². The van der Waals surface area contributed by atoms with Crippen molar-refractivity contribution in [2.24, 2.45) is 10.9 Å². The third-order valence-electron chi connectivity index (χ3n) is 4.54. The van der Waals surface area contributed by atoms with Gasteiger partial charge in [0.05, 0.1) is 6.54 Å². The number of thiazole rings is 1. The van der Waals surface area contributed by atoms with Crippen LogP contribution in [0.2, 0.25) is 0 Å². The van der Waals surface area contributed by atoms with Crippen molar-refractivity contribution in [3.05, 3.63) is 16.1 Å². The van der Waals surface area contributed by atoms with Crippen LogP contribution in [0.15, 0.2) is 10.4 Å². The summed E-state index contributed by atoms with van der Waals surface area (Å²) < 4.78 is 38.0. The minimum absolute atomic E-state index is 0.167. The summed E-state index contributed by atoms with van der Waals surface area (Å²) >= 11 is 1.00. The quantitative estimate of drug-likeness (QED) is 0.572. The molecule has 1 unspecified atom stereocenters. The molecule has 1 aromatic heterocycles. The second-order valence-electron chi connectivity index (χ2n) is 6.38. The van der Waals surface area contributed by atoms with Gasteiger partial charge in [0.1, 0.15) is 5.01 Å². The van der Waals surface area contributed by atoms with Crippen molar-refractivity contribution in [2.75, 3.05) is 39.3 Å². The number of halogens is 3. The lowest BCUT2D eigenvalue weighted by Crippen LogP contribution is -2.40. The fraction of sp³-hybridized carbons (Fsp3) is 0.765. The Hall–Kier alpha value is -1.35. The molecule has 0 spiro atoms. The van der Waals surface area contributed by atoms with Crippen molar-refractivity contribution in [1.82, 2.24) is 20.1 Å². The topological polar surface area (TPSA) is 43.8 Å². The molecule has 0 saturated carbocycles. The maximum atomic E-state index is 12.7. The monoisotopic (exact) mass is 391 g/mol. The van der Waals surface area contributed by atoms with Gasteiger partial charge < -0.3 is 15.1 Å². The highest BCUT2D eigenvalue weighted by Gasteiger charge is 2.33. The van der Waals surface area contributed by atoms with Crippen molar-refractivity contribution in [1.29, 1.82) is 0 Å².